The Balaban J connectivity index is -0.000000250. The van der Waals surface area contributed by atoms with Crippen LogP contribution in [0.25, 0.3) is 0 Å². The van der Waals surface area contributed by atoms with Crippen LogP contribution < -0.4 is 0 Å². The molecule has 3 nitrogen and oxygen atoms in total. The van der Waals surface area contributed by atoms with Gasteiger partial charge in [-0.05, 0) is 32.4 Å². The summed E-state index contributed by atoms with van der Waals surface area (Å²) < 4.78 is 0. The van der Waals surface area contributed by atoms with Gasteiger partial charge in [-0.25, -0.2) is 0 Å². The van der Waals surface area contributed by atoms with Gasteiger partial charge in [0.1, 0.15) is 0 Å². The first kappa shape index (κ1) is 23.0. The summed E-state index contributed by atoms with van der Waals surface area (Å²) in [5.74, 6) is 0. The monoisotopic (exact) mass is 263 g/mol. The maximum absolute atomic E-state index is 2.61. The normalized spacial score (nSPS) is 19.0. The lowest BCUT2D eigenvalue weighted by atomic mass is 10.0. The number of piperidine rings is 1. The number of nitrogens with zero attached hydrogens (tertiary/aromatic N) is 1. The van der Waals surface area contributed by atoms with Gasteiger partial charge in [0.2, 0.25) is 0 Å². The molecule has 1 saturated heterocycles. The minimum atomic E-state index is 0. The average Bonchev–Trinajstić information content (AvgIpc) is 2.36. The molecule has 0 bridgehead atoms. The molecule has 18 heavy (non-hydrogen) atoms. The van der Waals surface area contributed by atoms with Crippen molar-refractivity contribution in [1.82, 2.24) is 4.90 Å². The third-order valence-corrected chi connectivity index (χ3v) is 3.58. The van der Waals surface area contributed by atoms with Crippen LogP contribution in [0.1, 0.15) is 79.1 Å². The van der Waals surface area contributed by atoms with Crippen LogP contribution in [0, 0.1) is 0 Å². The summed E-state index contributed by atoms with van der Waals surface area (Å²) in [7, 11) is 0. The first-order valence-electron chi connectivity index (χ1n) is 7.54. The molecule has 4 N–H and O–H groups in total. The van der Waals surface area contributed by atoms with Crippen molar-refractivity contribution in [2.75, 3.05) is 13.1 Å². The molecule has 0 amide bonds. The number of unbranched alkanes of at least 4 members (excludes halogenated alkanes) is 3. The standard InChI is InChI=1S/C9H19N.C6H14.2H2O/c1-3-9-7-5-6-8-10(9)4-2;1-3-5-6-4-2;;/h9H,3-8H2,1-2H3;3-6H2,1-2H3;2*1H2. The van der Waals surface area contributed by atoms with Gasteiger partial charge in [-0.3, -0.25) is 0 Å². The van der Waals surface area contributed by atoms with E-state index in [-0.39, 0.29) is 11.0 Å². The van der Waals surface area contributed by atoms with Gasteiger partial charge >= 0.3 is 0 Å². The lowest BCUT2D eigenvalue weighted by molar-refractivity contribution is 0.152. The average molecular weight is 263 g/mol. The zero-order valence-corrected chi connectivity index (χ0v) is 13.1. The van der Waals surface area contributed by atoms with E-state index in [9.17, 15) is 0 Å². The molecular formula is C15H37NO2. The van der Waals surface area contributed by atoms with E-state index in [0.717, 1.165) is 6.04 Å². The Morgan fingerprint density at radius 3 is 1.78 bits per heavy atom. The lowest BCUT2D eigenvalue weighted by Gasteiger charge is -2.34. The number of likely N-dealkylation sites (tertiary alicyclic amines) is 1. The summed E-state index contributed by atoms with van der Waals surface area (Å²) in [4.78, 5) is 2.61. The van der Waals surface area contributed by atoms with Gasteiger partial charge in [-0.2, -0.15) is 0 Å². The number of rotatable bonds is 5. The van der Waals surface area contributed by atoms with Crippen LogP contribution in [0.3, 0.4) is 0 Å². The Kier molecular flexibility index (Phi) is 21.6. The molecule has 114 valence electrons. The molecule has 0 aromatic rings. The van der Waals surface area contributed by atoms with Crippen molar-refractivity contribution < 1.29 is 11.0 Å². The maximum Gasteiger partial charge on any atom is 0.00925 e. The van der Waals surface area contributed by atoms with Gasteiger partial charge in [-0.1, -0.05) is 59.8 Å². The Labute approximate surface area is 115 Å². The van der Waals surface area contributed by atoms with Crippen LogP contribution in [0.2, 0.25) is 0 Å². The molecule has 0 spiro atoms. The van der Waals surface area contributed by atoms with Crippen molar-refractivity contribution in [2.45, 2.75) is 85.1 Å². The van der Waals surface area contributed by atoms with Gasteiger partial charge in [0.15, 0.2) is 0 Å². The van der Waals surface area contributed by atoms with Gasteiger partial charge in [-0.15, -0.1) is 0 Å². The second-order valence-electron chi connectivity index (χ2n) is 4.89. The molecule has 1 aliphatic heterocycles. The van der Waals surface area contributed by atoms with Gasteiger partial charge in [0.25, 0.3) is 0 Å². The van der Waals surface area contributed by atoms with E-state index < -0.39 is 0 Å². The Morgan fingerprint density at radius 2 is 1.44 bits per heavy atom. The Hall–Kier alpha value is -0.120. The van der Waals surface area contributed by atoms with Crippen molar-refractivity contribution in [3.63, 3.8) is 0 Å². The molecule has 1 heterocycles. The summed E-state index contributed by atoms with van der Waals surface area (Å²) in [6.45, 7) is 11.6. The van der Waals surface area contributed by atoms with E-state index in [2.05, 4.69) is 32.6 Å². The van der Waals surface area contributed by atoms with Crippen LogP contribution in [-0.4, -0.2) is 35.0 Å². The molecule has 3 heteroatoms. The molecule has 0 aromatic heterocycles. The molecule has 1 rings (SSSR count). The second kappa shape index (κ2) is 16.9. The minimum absolute atomic E-state index is 0. The van der Waals surface area contributed by atoms with Crippen molar-refractivity contribution in [2.24, 2.45) is 0 Å². The third kappa shape index (κ3) is 11.0. The highest BCUT2D eigenvalue weighted by atomic mass is 16.0. The van der Waals surface area contributed by atoms with Gasteiger partial charge in [0.05, 0.1) is 0 Å². The first-order valence-corrected chi connectivity index (χ1v) is 7.54. The number of hydrogen-bond donors (Lipinski definition) is 0. The molecule has 1 fully saturated rings. The molecule has 1 unspecified atom stereocenters. The fourth-order valence-corrected chi connectivity index (χ4v) is 2.44. The smallest absolute Gasteiger partial charge is 0.00925 e. The van der Waals surface area contributed by atoms with E-state index in [4.69, 9.17) is 0 Å². The summed E-state index contributed by atoms with van der Waals surface area (Å²) in [5.41, 5.74) is 0. The Bertz CT molecular complexity index is 126. The maximum atomic E-state index is 2.61. The highest BCUT2D eigenvalue weighted by Crippen LogP contribution is 2.18. The van der Waals surface area contributed by atoms with Crippen LogP contribution in [0.4, 0.5) is 0 Å². The zero-order valence-electron chi connectivity index (χ0n) is 13.1. The van der Waals surface area contributed by atoms with E-state index in [1.54, 1.807) is 0 Å². The van der Waals surface area contributed by atoms with Gasteiger partial charge in [0, 0.05) is 6.04 Å². The molecule has 0 aliphatic carbocycles. The summed E-state index contributed by atoms with van der Waals surface area (Å²) in [6.07, 6.45) is 11.2. The van der Waals surface area contributed by atoms with Crippen LogP contribution in [0.5, 0.6) is 0 Å². The fourth-order valence-electron chi connectivity index (χ4n) is 2.44. The molecule has 1 atom stereocenters. The lowest BCUT2D eigenvalue weighted by Crippen LogP contribution is -2.38. The quantitative estimate of drug-likeness (QED) is 0.702. The topological polar surface area (TPSA) is 66.2 Å². The van der Waals surface area contributed by atoms with Gasteiger partial charge < -0.3 is 15.9 Å². The van der Waals surface area contributed by atoms with Crippen LogP contribution in [-0.2, 0) is 0 Å². The number of hydrogen-bond acceptors (Lipinski definition) is 1. The summed E-state index contributed by atoms with van der Waals surface area (Å²) in [5, 5.41) is 0. The minimum Gasteiger partial charge on any atom is -0.412 e. The van der Waals surface area contributed by atoms with Crippen LogP contribution >= 0.6 is 0 Å². The molecule has 0 aromatic carbocycles. The van der Waals surface area contributed by atoms with Crippen molar-refractivity contribution in [3.05, 3.63) is 0 Å². The summed E-state index contributed by atoms with van der Waals surface area (Å²) >= 11 is 0. The van der Waals surface area contributed by atoms with Crippen molar-refractivity contribution in [1.29, 1.82) is 0 Å². The molecule has 0 saturated carbocycles. The van der Waals surface area contributed by atoms with Crippen molar-refractivity contribution >= 4 is 0 Å². The zero-order chi connectivity index (χ0) is 12.2. The predicted molar refractivity (Wildman–Crippen MR) is 82.2 cm³/mol. The highest BCUT2D eigenvalue weighted by molar-refractivity contribution is 4.73. The van der Waals surface area contributed by atoms with E-state index in [1.165, 1.54) is 64.5 Å². The predicted octanol–water partition coefficient (Wildman–Crippen LogP) is 3.21. The third-order valence-electron chi connectivity index (χ3n) is 3.58. The molecule has 0 radical (unpaired) electrons. The van der Waals surface area contributed by atoms with Crippen LogP contribution in [0.15, 0.2) is 0 Å². The fraction of sp³-hybridized carbons (Fsp3) is 1.00. The van der Waals surface area contributed by atoms with E-state index in [0.29, 0.717) is 0 Å². The Morgan fingerprint density at radius 1 is 0.889 bits per heavy atom. The SMILES string of the molecule is CCC1CCCCN1CC.CCCCCC.O.O. The summed E-state index contributed by atoms with van der Waals surface area (Å²) in [6, 6.07) is 0.902. The first-order chi connectivity index (χ1) is 7.79. The molecule has 1 aliphatic rings. The molecular weight excluding hydrogens is 226 g/mol. The van der Waals surface area contributed by atoms with E-state index in [1.807, 2.05) is 0 Å². The van der Waals surface area contributed by atoms with Crippen molar-refractivity contribution in [3.8, 4) is 0 Å². The second-order valence-corrected chi connectivity index (χ2v) is 4.89. The van der Waals surface area contributed by atoms with E-state index >= 15 is 0 Å². The largest absolute Gasteiger partial charge is 0.412 e. The highest BCUT2D eigenvalue weighted by Gasteiger charge is 2.18.